The Morgan fingerprint density at radius 2 is 1.83 bits per heavy atom. The SMILES string of the molecule is CC(C)(C(=O)Nc1ccc2c(c1)CCC(=O)N2)c1ccccc1. The van der Waals surface area contributed by atoms with Gasteiger partial charge < -0.3 is 10.6 Å². The van der Waals surface area contributed by atoms with Gasteiger partial charge in [-0.05, 0) is 49.6 Å². The van der Waals surface area contributed by atoms with Gasteiger partial charge in [0.15, 0.2) is 0 Å². The number of carbonyl (C=O) groups excluding carboxylic acids is 2. The highest BCUT2D eigenvalue weighted by Crippen LogP contribution is 2.28. The van der Waals surface area contributed by atoms with Crippen LogP contribution in [0.1, 0.15) is 31.4 Å². The second-order valence-electron chi connectivity index (χ2n) is 6.37. The van der Waals surface area contributed by atoms with Crippen LogP contribution in [0, 0.1) is 0 Å². The number of hydrogen-bond acceptors (Lipinski definition) is 2. The van der Waals surface area contributed by atoms with Gasteiger partial charge in [0, 0.05) is 17.8 Å². The Hall–Kier alpha value is -2.62. The molecule has 0 fully saturated rings. The number of nitrogens with one attached hydrogen (secondary N) is 2. The minimum atomic E-state index is -0.620. The smallest absolute Gasteiger partial charge is 0.234 e. The molecule has 0 spiro atoms. The molecule has 2 N–H and O–H groups in total. The lowest BCUT2D eigenvalue weighted by Crippen LogP contribution is -2.34. The van der Waals surface area contributed by atoms with Crippen LogP contribution >= 0.6 is 0 Å². The van der Waals surface area contributed by atoms with Crippen molar-refractivity contribution >= 4 is 23.2 Å². The first-order chi connectivity index (χ1) is 11.0. The van der Waals surface area contributed by atoms with E-state index >= 15 is 0 Å². The lowest BCUT2D eigenvalue weighted by molar-refractivity contribution is -0.120. The second-order valence-corrected chi connectivity index (χ2v) is 6.37. The Labute approximate surface area is 135 Å². The molecule has 4 nitrogen and oxygen atoms in total. The van der Waals surface area contributed by atoms with E-state index in [0.29, 0.717) is 12.8 Å². The van der Waals surface area contributed by atoms with Gasteiger partial charge >= 0.3 is 0 Å². The lowest BCUT2D eigenvalue weighted by atomic mass is 9.83. The Balaban J connectivity index is 1.79. The van der Waals surface area contributed by atoms with E-state index in [0.717, 1.165) is 22.5 Å². The summed E-state index contributed by atoms with van der Waals surface area (Å²) in [6.45, 7) is 3.83. The van der Waals surface area contributed by atoms with Crippen LogP contribution < -0.4 is 10.6 Å². The van der Waals surface area contributed by atoms with Crippen molar-refractivity contribution in [2.24, 2.45) is 0 Å². The van der Waals surface area contributed by atoms with Crippen LogP contribution in [0.5, 0.6) is 0 Å². The summed E-state index contributed by atoms with van der Waals surface area (Å²) in [6, 6.07) is 15.3. The highest BCUT2D eigenvalue weighted by molar-refractivity contribution is 5.99. The van der Waals surface area contributed by atoms with Crippen molar-refractivity contribution in [3.63, 3.8) is 0 Å². The minimum absolute atomic E-state index is 0.0412. The maximum absolute atomic E-state index is 12.7. The monoisotopic (exact) mass is 308 g/mol. The molecule has 0 radical (unpaired) electrons. The van der Waals surface area contributed by atoms with Crippen molar-refractivity contribution in [1.29, 1.82) is 0 Å². The number of anilines is 2. The summed E-state index contributed by atoms with van der Waals surface area (Å²) in [5, 5.41) is 5.84. The summed E-state index contributed by atoms with van der Waals surface area (Å²) in [7, 11) is 0. The summed E-state index contributed by atoms with van der Waals surface area (Å²) >= 11 is 0. The molecule has 0 saturated heterocycles. The van der Waals surface area contributed by atoms with Crippen LogP contribution in [0.4, 0.5) is 11.4 Å². The van der Waals surface area contributed by atoms with E-state index in [2.05, 4.69) is 10.6 Å². The average molecular weight is 308 g/mol. The zero-order chi connectivity index (χ0) is 16.4. The first-order valence-corrected chi connectivity index (χ1v) is 7.76. The molecule has 0 unspecified atom stereocenters. The predicted octanol–water partition coefficient (Wildman–Crippen LogP) is 3.49. The molecule has 1 aliphatic heterocycles. The first-order valence-electron chi connectivity index (χ1n) is 7.76. The molecule has 2 aromatic rings. The average Bonchev–Trinajstić information content (AvgIpc) is 2.55. The summed E-state index contributed by atoms with van der Waals surface area (Å²) in [6.07, 6.45) is 1.19. The van der Waals surface area contributed by atoms with Gasteiger partial charge in [0.25, 0.3) is 0 Å². The van der Waals surface area contributed by atoms with E-state index in [4.69, 9.17) is 0 Å². The van der Waals surface area contributed by atoms with E-state index in [1.165, 1.54) is 0 Å². The van der Waals surface area contributed by atoms with Gasteiger partial charge in [0.05, 0.1) is 5.41 Å². The van der Waals surface area contributed by atoms with E-state index in [9.17, 15) is 9.59 Å². The molecule has 0 atom stereocenters. The topological polar surface area (TPSA) is 58.2 Å². The zero-order valence-corrected chi connectivity index (χ0v) is 13.3. The number of amides is 2. The zero-order valence-electron chi connectivity index (χ0n) is 13.3. The number of hydrogen-bond donors (Lipinski definition) is 2. The minimum Gasteiger partial charge on any atom is -0.326 e. The van der Waals surface area contributed by atoms with Crippen LogP contribution in [-0.4, -0.2) is 11.8 Å². The third-order valence-electron chi connectivity index (χ3n) is 4.32. The Bertz CT molecular complexity index is 751. The Morgan fingerprint density at radius 3 is 2.57 bits per heavy atom. The van der Waals surface area contributed by atoms with E-state index in [1.54, 1.807) is 0 Å². The molecular formula is C19H20N2O2. The van der Waals surface area contributed by atoms with Gasteiger partial charge in [-0.3, -0.25) is 9.59 Å². The van der Waals surface area contributed by atoms with Gasteiger partial charge in [-0.25, -0.2) is 0 Å². The largest absolute Gasteiger partial charge is 0.326 e. The molecule has 0 aliphatic carbocycles. The fourth-order valence-electron chi connectivity index (χ4n) is 2.73. The molecule has 0 bridgehead atoms. The number of aryl methyl sites for hydroxylation is 1. The van der Waals surface area contributed by atoms with Crippen LogP contribution in [0.15, 0.2) is 48.5 Å². The molecule has 118 valence electrons. The van der Waals surface area contributed by atoms with Crippen molar-refractivity contribution in [3.8, 4) is 0 Å². The summed E-state index contributed by atoms with van der Waals surface area (Å²) in [4.78, 5) is 24.1. The van der Waals surface area contributed by atoms with E-state index in [1.807, 2.05) is 62.4 Å². The second kappa shape index (κ2) is 5.88. The molecule has 3 rings (SSSR count). The molecule has 2 aromatic carbocycles. The van der Waals surface area contributed by atoms with Crippen LogP contribution in [-0.2, 0) is 21.4 Å². The Kier molecular flexibility index (Phi) is 3.90. The van der Waals surface area contributed by atoms with Gasteiger partial charge in [-0.1, -0.05) is 30.3 Å². The molecule has 23 heavy (non-hydrogen) atoms. The Morgan fingerprint density at radius 1 is 1.09 bits per heavy atom. The van der Waals surface area contributed by atoms with E-state index in [-0.39, 0.29) is 11.8 Å². The van der Waals surface area contributed by atoms with Gasteiger partial charge in [0.1, 0.15) is 0 Å². The highest BCUT2D eigenvalue weighted by Gasteiger charge is 2.29. The van der Waals surface area contributed by atoms with Crippen molar-refractivity contribution in [2.75, 3.05) is 10.6 Å². The molecular weight excluding hydrogens is 288 g/mol. The maximum Gasteiger partial charge on any atom is 0.234 e. The third kappa shape index (κ3) is 3.11. The van der Waals surface area contributed by atoms with Crippen LogP contribution in [0.3, 0.4) is 0 Å². The van der Waals surface area contributed by atoms with Gasteiger partial charge in [-0.15, -0.1) is 0 Å². The lowest BCUT2D eigenvalue weighted by Gasteiger charge is -2.25. The van der Waals surface area contributed by atoms with Crippen molar-refractivity contribution in [3.05, 3.63) is 59.7 Å². The van der Waals surface area contributed by atoms with Crippen LogP contribution in [0.25, 0.3) is 0 Å². The quantitative estimate of drug-likeness (QED) is 0.912. The van der Waals surface area contributed by atoms with Gasteiger partial charge in [0.2, 0.25) is 11.8 Å². The number of carbonyl (C=O) groups is 2. The van der Waals surface area contributed by atoms with E-state index < -0.39 is 5.41 Å². The van der Waals surface area contributed by atoms with Gasteiger partial charge in [-0.2, -0.15) is 0 Å². The van der Waals surface area contributed by atoms with Crippen molar-refractivity contribution in [2.45, 2.75) is 32.1 Å². The standard InChI is InChI=1S/C19H20N2O2/c1-19(2,14-6-4-3-5-7-14)18(23)20-15-9-10-16-13(12-15)8-11-17(22)21-16/h3-7,9-10,12H,8,11H2,1-2H3,(H,20,23)(H,21,22). The number of benzene rings is 2. The fourth-order valence-corrected chi connectivity index (χ4v) is 2.73. The highest BCUT2D eigenvalue weighted by atomic mass is 16.2. The normalized spacial score (nSPS) is 13.9. The number of rotatable bonds is 3. The summed E-state index contributed by atoms with van der Waals surface area (Å²) < 4.78 is 0. The predicted molar refractivity (Wildman–Crippen MR) is 91.5 cm³/mol. The first kappa shape index (κ1) is 15.3. The van der Waals surface area contributed by atoms with Crippen LogP contribution in [0.2, 0.25) is 0 Å². The molecule has 4 heteroatoms. The fraction of sp³-hybridized carbons (Fsp3) is 0.263. The summed E-state index contributed by atoms with van der Waals surface area (Å²) in [5.41, 5.74) is 3.00. The summed E-state index contributed by atoms with van der Waals surface area (Å²) in [5.74, 6) is -0.0111. The number of fused-ring (bicyclic) bond motifs is 1. The molecule has 0 aromatic heterocycles. The molecule has 1 heterocycles. The molecule has 1 aliphatic rings. The molecule has 2 amide bonds. The third-order valence-corrected chi connectivity index (χ3v) is 4.32. The maximum atomic E-state index is 12.7. The molecule has 0 saturated carbocycles. The van der Waals surface area contributed by atoms with Crippen molar-refractivity contribution in [1.82, 2.24) is 0 Å². The van der Waals surface area contributed by atoms with Crippen molar-refractivity contribution < 1.29 is 9.59 Å².